The molecular weight excluding hydrogens is 399 g/mol. The number of hydrogen-bond acceptors (Lipinski definition) is 5. The van der Waals surface area contributed by atoms with Crippen molar-refractivity contribution >= 4 is 0 Å². The lowest BCUT2D eigenvalue weighted by Crippen LogP contribution is -2.22. The van der Waals surface area contributed by atoms with Gasteiger partial charge >= 0.3 is 6.18 Å². The van der Waals surface area contributed by atoms with E-state index in [9.17, 15) is 13.2 Å². The van der Waals surface area contributed by atoms with Crippen molar-refractivity contribution in [3.05, 3.63) is 59.3 Å². The van der Waals surface area contributed by atoms with Crippen molar-refractivity contribution < 1.29 is 32.1 Å². The fraction of sp³-hybridized carbons (Fsp3) is 0.500. The molecule has 1 aromatic heterocycles. The maximum Gasteiger partial charge on any atom is 0.416 e. The van der Waals surface area contributed by atoms with Crippen molar-refractivity contribution in [1.82, 2.24) is 4.98 Å². The van der Waals surface area contributed by atoms with Crippen LogP contribution in [0, 0.1) is 0 Å². The molecule has 0 N–H and O–H groups in total. The zero-order valence-electron chi connectivity index (χ0n) is 17.4. The summed E-state index contributed by atoms with van der Waals surface area (Å²) < 4.78 is 60.5. The maximum atomic E-state index is 12.6. The molecule has 1 atom stereocenters. The van der Waals surface area contributed by atoms with E-state index in [1.165, 1.54) is 12.1 Å². The molecule has 0 radical (unpaired) electrons. The summed E-state index contributed by atoms with van der Waals surface area (Å²) in [7, 11) is 0. The Labute approximate surface area is 175 Å². The summed E-state index contributed by atoms with van der Waals surface area (Å²) in [5.74, 6) is 0.375. The van der Waals surface area contributed by atoms with Crippen LogP contribution in [0.4, 0.5) is 13.2 Å². The standard InChI is InChI=1S/C22H28F3NO4/c1-4-27-19(13-21(28-5-2)29-6-3)17-9-12-20(26-14-17)30-15-16-7-10-18(11-8-16)22(23,24)25/h7-12,14,19,21H,4-6,13,15H2,1-3H3. The fourth-order valence-electron chi connectivity index (χ4n) is 2.85. The van der Waals surface area contributed by atoms with Gasteiger partial charge in [0, 0.05) is 38.5 Å². The highest BCUT2D eigenvalue weighted by atomic mass is 19.4. The van der Waals surface area contributed by atoms with Gasteiger partial charge in [-0.2, -0.15) is 13.2 Å². The number of nitrogens with zero attached hydrogens (tertiary/aromatic N) is 1. The second-order valence-corrected chi connectivity index (χ2v) is 6.43. The Bertz CT molecular complexity index is 730. The van der Waals surface area contributed by atoms with E-state index >= 15 is 0 Å². The van der Waals surface area contributed by atoms with Gasteiger partial charge in [-0.15, -0.1) is 0 Å². The SMILES string of the molecule is CCOC(CC(OCC)c1ccc(OCc2ccc(C(F)(F)F)cc2)nc1)OCC. The highest BCUT2D eigenvalue weighted by molar-refractivity contribution is 5.25. The molecule has 0 bridgehead atoms. The molecule has 0 spiro atoms. The van der Waals surface area contributed by atoms with Gasteiger partial charge in [0.2, 0.25) is 5.88 Å². The van der Waals surface area contributed by atoms with Crippen molar-refractivity contribution in [2.75, 3.05) is 19.8 Å². The molecule has 5 nitrogen and oxygen atoms in total. The van der Waals surface area contributed by atoms with E-state index in [0.29, 0.717) is 37.7 Å². The number of ether oxygens (including phenoxy) is 4. The summed E-state index contributed by atoms with van der Waals surface area (Å²) in [6.07, 6.45) is -2.76. The third kappa shape index (κ3) is 7.59. The predicted molar refractivity (Wildman–Crippen MR) is 106 cm³/mol. The lowest BCUT2D eigenvalue weighted by atomic mass is 10.1. The molecule has 166 valence electrons. The van der Waals surface area contributed by atoms with Crippen LogP contribution in [-0.4, -0.2) is 31.1 Å². The zero-order chi connectivity index (χ0) is 22.0. The first kappa shape index (κ1) is 24.1. The minimum Gasteiger partial charge on any atom is -0.473 e. The van der Waals surface area contributed by atoms with E-state index in [2.05, 4.69) is 4.98 Å². The van der Waals surface area contributed by atoms with Gasteiger partial charge in [-0.1, -0.05) is 12.1 Å². The molecule has 0 aliphatic carbocycles. The van der Waals surface area contributed by atoms with Crippen molar-refractivity contribution in [3.8, 4) is 5.88 Å². The van der Waals surface area contributed by atoms with Crippen LogP contribution in [0.15, 0.2) is 42.6 Å². The molecule has 30 heavy (non-hydrogen) atoms. The lowest BCUT2D eigenvalue weighted by Gasteiger charge is -2.23. The Morgan fingerprint density at radius 3 is 2.00 bits per heavy atom. The first-order valence-corrected chi connectivity index (χ1v) is 9.97. The number of aromatic nitrogens is 1. The quantitative estimate of drug-likeness (QED) is 0.416. The van der Waals surface area contributed by atoms with Crippen LogP contribution in [0.2, 0.25) is 0 Å². The Hall–Kier alpha value is -2.16. The van der Waals surface area contributed by atoms with E-state index < -0.39 is 11.7 Å². The van der Waals surface area contributed by atoms with Gasteiger partial charge in [0.25, 0.3) is 0 Å². The third-order valence-corrected chi connectivity index (χ3v) is 4.28. The minimum atomic E-state index is -4.35. The number of pyridine rings is 1. The minimum absolute atomic E-state index is 0.121. The van der Waals surface area contributed by atoms with Crippen molar-refractivity contribution in [3.63, 3.8) is 0 Å². The van der Waals surface area contributed by atoms with Crippen LogP contribution in [0.1, 0.15) is 50.0 Å². The lowest BCUT2D eigenvalue weighted by molar-refractivity contribution is -0.158. The highest BCUT2D eigenvalue weighted by Crippen LogP contribution is 2.29. The van der Waals surface area contributed by atoms with Gasteiger partial charge < -0.3 is 18.9 Å². The second kappa shape index (κ2) is 11.9. The topological polar surface area (TPSA) is 49.8 Å². The number of rotatable bonds is 12. The molecule has 1 aromatic carbocycles. The van der Waals surface area contributed by atoms with Gasteiger partial charge in [0.05, 0.1) is 11.7 Å². The van der Waals surface area contributed by atoms with Crippen molar-refractivity contribution in [1.29, 1.82) is 0 Å². The molecule has 1 unspecified atom stereocenters. The van der Waals surface area contributed by atoms with E-state index in [-0.39, 0.29) is 19.0 Å². The van der Waals surface area contributed by atoms with Gasteiger partial charge in [-0.05, 0) is 50.1 Å². The first-order valence-electron chi connectivity index (χ1n) is 9.97. The second-order valence-electron chi connectivity index (χ2n) is 6.43. The van der Waals surface area contributed by atoms with Crippen LogP contribution < -0.4 is 4.74 Å². The third-order valence-electron chi connectivity index (χ3n) is 4.28. The van der Waals surface area contributed by atoms with Gasteiger partial charge in [-0.3, -0.25) is 0 Å². The molecule has 2 rings (SSSR count). The number of benzene rings is 1. The molecule has 0 amide bonds. The van der Waals surface area contributed by atoms with Gasteiger partial charge in [-0.25, -0.2) is 4.98 Å². The van der Waals surface area contributed by atoms with Crippen LogP contribution in [0.3, 0.4) is 0 Å². The summed E-state index contributed by atoms with van der Waals surface area (Å²) in [5.41, 5.74) is 0.800. The largest absolute Gasteiger partial charge is 0.473 e. The van der Waals surface area contributed by atoms with E-state index in [0.717, 1.165) is 17.7 Å². The summed E-state index contributed by atoms with van der Waals surface area (Å²) in [5, 5.41) is 0. The Morgan fingerprint density at radius 2 is 1.50 bits per heavy atom. The van der Waals surface area contributed by atoms with E-state index in [1.54, 1.807) is 12.3 Å². The summed E-state index contributed by atoms with van der Waals surface area (Å²) in [6.45, 7) is 7.46. The fourth-order valence-corrected chi connectivity index (χ4v) is 2.85. The molecule has 2 aromatic rings. The van der Waals surface area contributed by atoms with Gasteiger partial charge in [0.1, 0.15) is 6.61 Å². The molecule has 0 saturated carbocycles. The molecule has 0 saturated heterocycles. The Morgan fingerprint density at radius 1 is 0.867 bits per heavy atom. The Kier molecular flexibility index (Phi) is 9.55. The van der Waals surface area contributed by atoms with Crippen LogP contribution in [0.5, 0.6) is 5.88 Å². The van der Waals surface area contributed by atoms with Crippen molar-refractivity contribution in [2.24, 2.45) is 0 Å². The average Bonchev–Trinajstić information content (AvgIpc) is 2.72. The summed E-state index contributed by atoms with van der Waals surface area (Å²) in [4.78, 5) is 4.29. The smallest absolute Gasteiger partial charge is 0.416 e. The van der Waals surface area contributed by atoms with Gasteiger partial charge in [0.15, 0.2) is 6.29 Å². The predicted octanol–water partition coefficient (Wildman–Crippen LogP) is 5.55. The average molecular weight is 427 g/mol. The Balaban J connectivity index is 1.97. The van der Waals surface area contributed by atoms with Crippen molar-refractivity contribution in [2.45, 2.75) is 52.4 Å². The van der Waals surface area contributed by atoms with E-state index in [1.807, 2.05) is 26.8 Å². The molecule has 8 heteroatoms. The number of hydrogen-bond donors (Lipinski definition) is 0. The molecule has 1 heterocycles. The van der Waals surface area contributed by atoms with E-state index in [4.69, 9.17) is 18.9 Å². The molecule has 0 aliphatic heterocycles. The molecule has 0 fully saturated rings. The first-order chi connectivity index (χ1) is 14.4. The molecular formula is C22H28F3NO4. The molecule has 0 aliphatic rings. The highest BCUT2D eigenvalue weighted by Gasteiger charge is 2.29. The normalized spacial score (nSPS) is 12.9. The van der Waals surface area contributed by atoms with Crippen LogP contribution >= 0.6 is 0 Å². The zero-order valence-corrected chi connectivity index (χ0v) is 17.4. The van der Waals surface area contributed by atoms with Crippen LogP contribution in [0.25, 0.3) is 0 Å². The summed E-state index contributed by atoms with van der Waals surface area (Å²) >= 11 is 0. The maximum absolute atomic E-state index is 12.6. The number of alkyl halides is 3. The number of halogens is 3. The van der Waals surface area contributed by atoms with Crippen LogP contribution in [-0.2, 0) is 27.0 Å². The summed E-state index contributed by atoms with van der Waals surface area (Å²) in [6, 6.07) is 8.42. The monoisotopic (exact) mass is 427 g/mol.